The number of nitro groups is 1. The predicted octanol–water partition coefficient (Wildman–Crippen LogP) is 6.36. The van der Waals surface area contributed by atoms with Gasteiger partial charge in [0.1, 0.15) is 22.7 Å². The molecule has 0 spiro atoms. The summed E-state index contributed by atoms with van der Waals surface area (Å²) in [6.45, 7) is 0. The number of hydrogen-bond acceptors (Lipinski definition) is 7. The molecule has 0 amide bonds. The van der Waals surface area contributed by atoms with Gasteiger partial charge in [-0.15, -0.1) is 5.11 Å². The van der Waals surface area contributed by atoms with Crippen LogP contribution >= 0.6 is 0 Å². The van der Waals surface area contributed by atoms with Crippen molar-refractivity contribution in [2.75, 3.05) is 0 Å². The Bertz CT molecular complexity index is 1350. The van der Waals surface area contributed by atoms with E-state index < -0.39 is 16.6 Å². The Balaban J connectivity index is 1.58. The van der Waals surface area contributed by atoms with E-state index in [0.717, 1.165) is 0 Å². The quantitative estimate of drug-likeness (QED) is 0.208. The minimum atomic E-state index is -1.27. The largest absolute Gasteiger partial charge is 0.505 e. The maximum atomic E-state index is 11.5. The summed E-state index contributed by atoms with van der Waals surface area (Å²) >= 11 is 0. The summed E-state index contributed by atoms with van der Waals surface area (Å²) in [7, 11) is 0. The number of fused-ring (bicyclic) bond motifs is 1. The van der Waals surface area contributed by atoms with Gasteiger partial charge in [-0.3, -0.25) is 10.1 Å². The van der Waals surface area contributed by atoms with Gasteiger partial charge in [-0.2, -0.15) is 5.11 Å². The molecule has 0 bridgehead atoms. The van der Waals surface area contributed by atoms with Gasteiger partial charge >= 0.3 is 5.97 Å². The first kappa shape index (κ1) is 20.5. The third-order valence-corrected chi connectivity index (χ3v) is 4.61. The van der Waals surface area contributed by atoms with Crippen molar-refractivity contribution in [1.29, 1.82) is 0 Å². The first-order valence-electron chi connectivity index (χ1n) is 9.34. The molecule has 0 fully saturated rings. The first-order valence-corrected chi connectivity index (χ1v) is 9.34. The van der Waals surface area contributed by atoms with Crippen LogP contribution in [-0.2, 0) is 0 Å². The number of carbonyl (C=O) groups is 1. The minimum Gasteiger partial charge on any atom is -0.505 e. The zero-order chi connectivity index (χ0) is 22.7. The molecular formula is C23H15N3O6. The molecule has 0 heterocycles. The van der Waals surface area contributed by atoms with Crippen LogP contribution in [0.1, 0.15) is 10.4 Å². The Morgan fingerprint density at radius 2 is 1.53 bits per heavy atom. The number of non-ortho nitro benzene ring substituents is 1. The molecule has 0 saturated carbocycles. The number of hydrogen-bond donors (Lipinski definition) is 2. The van der Waals surface area contributed by atoms with E-state index in [1.54, 1.807) is 48.5 Å². The van der Waals surface area contributed by atoms with Crippen LogP contribution < -0.4 is 4.74 Å². The molecule has 0 saturated heterocycles. The first-order chi connectivity index (χ1) is 15.4. The van der Waals surface area contributed by atoms with Crippen molar-refractivity contribution in [2.24, 2.45) is 10.2 Å². The normalized spacial score (nSPS) is 11.0. The smallest absolute Gasteiger partial charge is 0.339 e. The van der Waals surface area contributed by atoms with E-state index in [9.17, 15) is 25.1 Å². The van der Waals surface area contributed by atoms with Crippen LogP contribution in [0.2, 0.25) is 0 Å². The highest BCUT2D eigenvalue weighted by molar-refractivity contribution is 6.04. The Morgan fingerprint density at radius 3 is 2.16 bits per heavy atom. The van der Waals surface area contributed by atoms with E-state index in [4.69, 9.17) is 4.74 Å². The van der Waals surface area contributed by atoms with Gasteiger partial charge in [0.2, 0.25) is 0 Å². The second-order valence-electron chi connectivity index (χ2n) is 6.69. The van der Waals surface area contributed by atoms with Gasteiger partial charge in [-0.25, -0.2) is 4.79 Å². The second-order valence-corrected chi connectivity index (χ2v) is 6.69. The van der Waals surface area contributed by atoms with E-state index in [1.165, 1.54) is 30.3 Å². The lowest BCUT2D eigenvalue weighted by Crippen LogP contribution is -1.97. The predicted molar refractivity (Wildman–Crippen MR) is 116 cm³/mol. The van der Waals surface area contributed by atoms with Crippen LogP contribution in [-0.4, -0.2) is 21.1 Å². The third kappa shape index (κ3) is 4.21. The van der Waals surface area contributed by atoms with E-state index in [1.807, 2.05) is 0 Å². The second kappa shape index (κ2) is 8.52. The summed E-state index contributed by atoms with van der Waals surface area (Å²) in [5.74, 6) is -0.804. The number of nitro benzene ring substituents is 1. The SMILES string of the molecule is O=C(O)c1cc2ccccc2c(N=Nc2ccc(Oc3ccc([N+](=O)[O-])cc3)cc2)c1O. The molecule has 4 aromatic rings. The van der Waals surface area contributed by atoms with Gasteiger partial charge in [-0.05, 0) is 47.9 Å². The maximum absolute atomic E-state index is 11.5. The molecule has 0 aliphatic carbocycles. The maximum Gasteiger partial charge on any atom is 0.339 e. The number of nitrogens with zero attached hydrogens (tertiary/aromatic N) is 3. The highest BCUT2D eigenvalue weighted by Gasteiger charge is 2.17. The lowest BCUT2D eigenvalue weighted by atomic mass is 10.0. The van der Waals surface area contributed by atoms with Crippen LogP contribution in [0.15, 0.2) is 89.1 Å². The Labute approximate surface area is 181 Å². The summed E-state index contributed by atoms with van der Waals surface area (Å²) in [6, 6.07) is 20.6. The fourth-order valence-electron chi connectivity index (χ4n) is 3.04. The average molecular weight is 429 g/mol. The van der Waals surface area contributed by atoms with Gasteiger partial charge < -0.3 is 14.9 Å². The highest BCUT2D eigenvalue weighted by Crippen LogP contribution is 2.39. The van der Waals surface area contributed by atoms with Crippen molar-refractivity contribution in [1.82, 2.24) is 0 Å². The van der Waals surface area contributed by atoms with E-state index >= 15 is 0 Å². The summed E-state index contributed by atoms with van der Waals surface area (Å²) < 4.78 is 5.65. The molecule has 0 aliphatic heterocycles. The number of ether oxygens (including phenoxy) is 1. The molecular weight excluding hydrogens is 414 g/mol. The molecule has 0 atom stereocenters. The van der Waals surface area contributed by atoms with Crippen LogP contribution in [0.3, 0.4) is 0 Å². The fourth-order valence-corrected chi connectivity index (χ4v) is 3.04. The number of carboxylic acids is 1. The van der Waals surface area contributed by atoms with Crippen molar-refractivity contribution in [2.45, 2.75) is 0 Å². The van der Waals surface area contributed by atoms with Gasteiger partial charge in [0, 0.05) is 17.5 Å². The molecule has 2 N–H and O–H groups in total. The molecule has 4 rings (SSSR count). The summed E-state index contributed by atoms with van der Waals surface area (Å²) in [6.07, 6.45) is 0. The minimum absolute atomic E-state index is 0.0316. The van der Waals surface area contributed by atoms with Crippen molar-refractivity contribution in [3.8, 4) is 17.2 Å². The summed E-state index contributed by atoms with van der Waals surface area (Å²) in [4.78, 5) is 21.7. The molecule has 9 nitrogen and oxygen atoms in total. The number of rotatable bonds is 6. The summed E-state index contributed by atoms with van der Waals surface area (Å²) in [5, 5.41) is 39.9. The molecule has 0 aliphatic rings. The lowest BCUT2D eigenvalue weighted by molar-refractivity contribution is -0.384. The molecule has 158 valence electrons. The standard InChI is InChI=1S/C23H15N3O6/c27-22-20(23(28)29)13-14-3-1-2-4-19(14)21(22)25-24-15-5-9-17(10-6-15)32-18-11-7-16(8-12-18)26(30)31/h1-13,27H,(H,28,29). The molecule has 0 radical (unpaired) electrons. The van der Waals surface area contributed by atoms with E-state index in [0.29, 0.717) is 28.0 Å². The fraction of sp³-hybridized carbons (Fsp3) is 0. The Kier molecular flexibility index (Phi) is 5.45. The Morgan fingerprint density at radius 1 is 0.906 bits per heavy atom. The average Bonchev–Trinajstić information content (AvgIpc) is 2.79. The number of phenols is 1. The lowest BCUT2D eigenvalue weighted by Gasteiger charge is -2.08. The number of azo groups is 1. The van der Waals surface area contributed by atoms with Crippen molar-refractivity contribution < 1.29 is 24.7 Å². The number of aromatic hydroxyl groups is 1. The van der Waals surface area contributed by atoms with Crippen molar-refractivity contribution >= 4 is 33.8 Å². The molecule has 4 aromatic carbocycles. The zero-order valence-corrected chi connectivity index (χ0v) is 16.4. The Hall–Kier alpha value is -4.79. The topological polar surface area (TPSA) is 135 Å². The van der Waals surface area contributed by atoms with Crippen LogP contribution in [0, 0.1) is 10.1 Å². The molecule has 0 unspecified atom stereocenters. The molecule has 32 heavy (non-hydrogen) atoms. The van der Waals surface area contributed by atoms with Gasteiger partial charge in [0.25, 0.3) is 5.69 Å². The van der Waals surface area contributed by atoms with Gasteiger partial charge in [0.05, 0.1) is 10.6 Å². The van der Waals surface area contributed by atoms with Crippen LogP contribution in [0.4, 0.5) is 17.1 Å². The molecule has 0 aromatic heterocycles. The monoisotopic (exact) mass is 429 g/mol. The highest BCUT2D eigenvalue weighted by atomic mass is 16.6. The zero-order valence-electron chi connectivity index (χ0n) is 16.4. The van der Waals surface area contributed by atoms with Crippen molar-refractivity contribution in [3.63, 3.8) is 0 Å². The summed E-state index contributed by atoms with van der Waals surface area (Å²) in [5.41, 5.74) is 0.220. The number of aromatic carboxylic acids is 1. The van der Waals surface area contributed by atoms with E-state index in [-0.39, 0.29) is 16.9 Å². The van der Waals surface area contributed by atoms with Gasteiger partial charge in [-0.1, -0.05) is 24.3 Å². The van der Waals surface area contributed by atoms with Gasteiger partial charge in [0.15, 0.2) is 5.75 Å². The number of carboxylic acid groups (broad SMARTS) is 1. The van der Waals surface area contributed by atoms with Crippen LogP contribution in [0.25, 0.3) is 10.8 Å². The third-order valence-electron chi connectivity index (χ3n) is 4.61. The van der Waals surface area contributed by atoms with Crippen molar-refractivity contribution in [3.05, 3.63) is 94.5 Å². The van der Waals surface area contributed by atoms with Crippen LogP contribution in [0.5, 0.6) is 17.2 Å². The molecule has 9 heteroatoms. The number of benzene rings is 4. The van der Waals surface area contributed by atoms with E-state index in [2.05, 4.69) is 10.2 Å².